The first-order valence-electron chi connectivity index (χ1n) is 4.90. The van der Waals surface area contributed by atoms with Crippen LogP contribution in [0.15, 0.2) is 18.2 Å². The maximum Gasteiger partial charge on any atom is 0.124 e. The second kappa shape index (κ2) is 3.74. The maximum atomic E-state index is 13.2. The first kappa shape index (κ1) is 10.9. The average Bonchev–Trinajstić information content (AvgIpc) is 2.10. The van der Waals surface area contributed by atoms with Gasteiger partial charge in [0.25, 0.3) is 0 Å². The molecule has 2 nitrogen and oxygen atoms in total. The van der Waals surface area contributed by atoms with E-state index >= 15 is 0 Å². The lowest BCUT2D eigenvalue weighted by atomic mass is 9.63. The monoisotopic (exact) mass is 229 g/mol. The van der Waals surface area contributed by atoms with Crippen molar-refractivity contribution in [2.24, 2.45) is 5.73 Å². The molecule has 0 heterocycles. The summed E-state index contributed by atoms with van der Waals surface area (Å²) in [6.45, 7) is 0.407. The van der Waals surface area contributed by atoms with E-state index in [1.807, 2.05) is 0 Å². The van der Waals surface area contributed by atoms with Gasteiger partial charge in [0.15, 0.2) is 0 Å². The van der Waals surface area contributed by atoms with Crippen LogP contribution >= 0.6 is 11.6 Å². The third-order valence-corrected chi connectivity index (χ3v) is 3.34. The Bertz CT molecular complexity index is 357. The van der Waals surface area contributed by atoms with Crippen LogP contribution in [-0.2, 0) is 5.41 Å². The molecule has 0 aromatic heterocycles. The third-order valence-electron chi connectivity index (χ3n) is 3.12. The SMILES string of the molecule is NCC1(c2cc(F)cc(Cl)c2)CC(O)C1. The van der Waals surface area contributed by atoms with E-state index < -0.39 is 0 Å². The lowest BCUT2D eigenvalue weighted by molar-refractivity contribution is 0.0220. The molecule has 0 atom stereocenters. The van der Waals surface area contributed by atoms with Gasteiger partial charge in [-0.3, -0.25) is 0 Å². The molecule has 3 N–H and O–H groups in total. The lowest BCUT2D eigenvalue weighted by Gasteiger charge is -2.45. The molecule has 0 radical (unpaired) electrons. The Morgan fingerprint density at radius 1 is 1.47 bits per heavy atom. The molecule has 1 aromatic rings. The van der Waals surface area contributed by atoms with Crippen LogP contribution in [0.4, 0.5) is 4.39 Å². The molecule has 0 bridgehead atoms. The third kappa shape index (κ3) is 1.87. The fraction of sp³-hybridized carbons (Fsp3) is 0.455. The van der Waals surface area contributed by atoms with E-state index in [1.54, 1.807) is 6.07 Å². The van der Waals surface area contributed by atoms with E-state index in [4.69, 9.17) is 17.3 Å². The molecule has 0 aliphatic heterocycles. The molecule has 0 spiro atoms. The predicted molar refractivity (Wildman–Crippen MR) is 57.4 cm³/mol. The first-order valence-corrected chi connectivity index (χ1v) is 5.28. The summed E-state index contributed by atoms with van der Waals surface area (Å²) in [7, 11) is 0. The molecule has 15 heavy (non-hydrogen) atoms. The molecule has 1 saturated carbocycles. The quantitative estimate of drug-likeness (QED) is 0.813. The summed E-state index contributed by atoms with van der Waals surface area (Å²) in [6, 6.07) is 4.44. The molecule has 1 fully saturated rings. The van der Waals surface area contributed by atoms with Gasteiger partial charge in [0.05, 0.1) is 6.10 Å². The van der Waals surface area contributed by atoms with Crippen LogP contribution in [0.5, 0.6) is 0 Å². The highest BCUT2D eigenvalue weighted by molar-refractivity contribution is 6.30. The molecule has 1 aliphatic carbocycles. The highest BCUT2D eigenvalue weighted by atomic mass is 35.5. The van der Waals surface area contributed by atoms with Crippen molar-refractivity contribution < 1.29 is 9.50 Å². The number of aliphatic hydroxyl groups is 1. The van der Waals surface area contributed by atoms with Crippen LogP contribution in [0.25, 0.3) is 0 Å². The summed E-state index contributed by atoms with van der Waals surface area (Å²) in [5, 5.41) is 9.71. The molecular formula is C11H13ClFNO. The van der Waals surface area contributed by atoms with E-state index in [0.29, 0.717) is 24.4 Å². The topological polar surface area (TPSA) is 46.2 Å². The minimum absolute atomic E-state index is 0.287. The van der Waals surface area contributed by atoms with Gasteiger partial charge in [0.1, 0.15) is 5.82 Å². The Balaban J connectivity index is 2.35. The number of hydrogen-bond donors (Lipinski definition) is 2. The molecule has 1 aromatic carbocycles. The minimum atomic E-state index is -0.355. The second-order valence-corrected chi connectivity index (χ2v) is 4.64. The minimum Gasteiger partial charge on any atom is -0.393 e. The Hall–Kier alpha value is -0.640. The predicted octanol–water partition coefficient (Wildman–Crippen LogP) is 1.83. The second-order valence-electron chi connectivity index (χ2n) is 4.20. The molecule has 82 valence electrons. The number of benzene rings is 1. The summed E-state index contributed by atoms with van der Waals surface area (Å²) >= 11 is 5.79. The summed E-state index contributed by atoms with van der Waals surface area (Å²) < 4.78 is 13.2. The van der Waals surface area contributed by atoms with Crippen molar-refractivity contribution >= 4 is 11.6 Å². The molecule has 2 rings (SSSR count). The van der Waals surface area contributed by atoms with Crippen LogP contribution in [0.1, 0.15) is 18.4 Å². The van der Waals surface area contributed by atoms with Crippen molar-refractivity contribution in [2.45, 2.75) is 24.4 Å². The van der Waals surface area contributed by atoms with Gasteiger partial charge in [-0.2, -0.15) is 0 Å². The van der Waals surface area contributed by atoms with Crippen molar-refractivity contribution in [2.75, 3.05) is 6.54 Å². The largest absolute Gasteiger partial charge is 0.393 e. The lowest BCUT2D eigenvalue weighted by Crippen LogP contribution is -2.49. The Labute approximate surface area is 92.9 Å². The molecule has 0 unspecified atom stereocenters. The summed E-state index contributed by atoms with van der Waals surface area (Å²) in [5.41, 5.74) is 6.19. The van der Waals surface area contributed by atoms with Gasteiger partial charge in [-0.05, 0) is 36.6 Å². The van der Waals surface area contributed by atoms with Crippen molar-refractivity contribution in [1.82, 2.24) is 0 Å². The summed E-state index contributed by atoms with van der Waals surface area (Å²) in [4.78, 5) is 0. The Morgan fingerprint density at radius 2 is 2.13 bits per heavy atom. The normalized spacial score (nSPS) is 30.0. The van der Waals surface area contributed by atoms with Gasteiger partial charge in [-0.15, -0.1) is 0 Å². The van der Waals surface area contributed by atoms with Crippen LogP contribution in [-0.4, -0.2) is 17.8 Å². The Morgan fingerprint density at radius 3 is 2.60 bits per heavy atom. The zero-order valence-electron chi connectivity index (χ0n) is 8.21. The van der Waals surface area contributed by atoms with E-state index in [2.05, 4.69) is 0 Å². The summed E-state index contributed by atoms with van der Waals surface area (Å²) in [5.74, 6) is -0.355. The summed E-state index contributed by atoms with van der Waals surface area (Å²) in [6.07, 6.45) is 0.850. The molecule has 0 saturated heterocycles. The van der Waals surface area contributed by atoms with Gasteiger partial charge in [0, 0.05) is 17.0 Å². The number of aliphatic hydroxyl groups excluding tert-OH is 1. The van der Waals surface area contributed by atoms with Crippen molar-refractivity contribution in [3.63, 3.8) is 0 Å². The number of hydrogen-bond acceptors (Lipinski definition) is 2. The molecule has 0 amide bonds. The number of rotatable bonds is 2. The van der Waals surface area contributed by atoms with Crippen LogP contribution in [0.2, 0.25) is 5.02 Å². The Kier molecular flexibility index (Phi) is 2.71. The van der Waals surface area contributed by atoms with Gasteiger partial charge in [-0.1, -0.05) is 11.6 Å². The van der Waals surface area contributed by atoms with E-state index in [-0.39, 0.29) is 17.3 Å². The number of nitrogens with two attached hydrogens (primary N) is 1. The van der Waals surface area contributed by atoms with E-state index in [9.17, 15) is 9.50 Å². The smallest absolute Gasteiger partial charge is 0.124 e. The van der Waals surface area contributed by atoms with E-state index in [1.165, 1.54) is 12.1 Å². The first-order chi connectivity index (χ1) is 7.05. The molecular weight excluding hydrogens is 217 g/mol. The standard InChI is InChI=1S/C11H13ClFNO/c12-8-1-7(2-9(13)3-8)11(6-14)4-10(15)5-11/h1-3,10,15H,4-6,14H2. The molecule has 1 aliphatic rings. The van der Waals surface area contributed by atoms with Crippen molar-refractivity contribution in [3.05, 3.63) is 34.6 Å². The highest BCUT2D eigenvalue weighted by Gasteiger charge is 2.44. The van der Waals surface area contributed by atoms with Crippen molar-refractivity contribution in [3.8, 4) is 0 Å². The van der Waals surface area contributed by atoms with Gasteiger partial charge in [-0.25, -0.2) is 4.39 Å². The van der Waals surface area contributed by atoms with Gasteiger partial charge < -0.3 is 10.8 Å². The van der Waals surface area contributed by atoms with Crippen LogP contribution in [0.3, 0.4) is 0 Å². The van der Waals surface area contributed by atoms with Gasteiger partial charge in [0.2, 0.25) is 0 Å². The zero-order valence-corrected chi connectivity index (χ0v) is 8.97. The fourth-order valence-corrected chi connectivity index (χ4v) is 2.44. The number of halogens is 2. The average molecular weight is 230 g/mol. The maximum absolute atomic E-state index is 13.2. The van der Waals surface area contributed by atoms with E-state index in [0.717, 1.165) is 5.56 Å². The van der Waals surface area contributed by atoms with Crippen LogP contribution in [0, 0.1) is 5.82 Å². The molecule has 4 heteroatoms. The van der Waals surface area contributed by atoms with Crippen LogP contribution < -0.4 is 5.73 Å². The highest BCUT2D eigenvalue weighted by Crippen LogP contribution is 2.43. The van der Waals surface area contributed by atoms with Gasteiger partial charge >= 0.3 is 0 Å². The van der Waals surface area contributed by atoms with Crippen molar-refractivity contribution in [1.29, 1.82) is 0 Å². The zero-order chi connectivity index (χ0) is 11.1. The fourth-order valence-electron chi connectivity index (χ4n) is 2.22.